The van der Waals surface area contributed by atoms with E-state index in [0.29, 0.717) is 12.6 Å². The molecule has 1 atom stereocenters. The van der Waals surface area contributed by atoms with Gasteiger partial charge in [-0.05, 0) is 13.3 Å². The molecule has 0 saturated carbocycles. The number of hydrogen-bond donors (Lipinski definition) is 2. The quantitative estimate of drug-likeness (QED) is 0.599. The van der Waals surface area contributed by atoms with Crippen LogP contribution in [-0.4, -0.2) is 23.3 Å². The fourth-order valence-electron chi connectivity index (χ4n) is 1.27. The zero-order chi connectivity index (χ0) is 10.3. The third kappa shape index (κ3) is 8.26. The molecule has 0 aromatic carbocycles. The van der Waals surface area contributed by atoms with Crippen molar-refractivity contribution in [3.8, 4) is 0 Å². The summed E-state index contributed by atoms with van der Waals surface area (Å²) in [4.78, 5) is 0. The third-order valence-electron chi connectivity index (χ3n) is 2.21. The molecule has 80 valence electrons. The lowest BCUT2D eigenvalue weighted by atomic mass is 9.98. The Balaban J connectivity index is 3.54. The summed E-state index contributed by atoms with van der Waals surface area (Å²) in [7, 11) is 0. The van der Waals surface area contributed by atoms with E-state index in [-0.39, 0.29) is 0 Å². The van der Waals surface area contributed by atoms with Gasteiger partial charge in [-0.25, -0.2) is 0 Å². The monoisotopic (exact) mass is 187 g/mol. The van der Waals surface area contributed by atoms with E-state index in [1.165, 1.54) is 12.8 Å². The molecule has 2 N–H and O–H groups in total. The molecular formula is C11H25NO. The highest BCUT2D eigenvalue weighted by Crippen LogP contribution is 2.13. The third-order valence-corrected chi connectivity index (χ3v) is 2.21. The lowest BCUT2D eigenvalue weighted by Crippen LogP contribution is -2.40. The van der Waals surface area contributed by atoms with Crippen molar-refractivity contribution in [3.63, 3.8) is 0 Å². The largest absolute Gasteiger partial charge is 0.389 e. The van der Waals surface area contributed by atoms with Crippen molar-refractivity contribution >= 4 is 0 Å². The van der Waals surface area contributed by atoms with Crippen LogP contribution in [0.3, 0.4) is 0 Å². The molecule has 2 nitrogen and oxygen atoms in total. The van der Waals surface area contributed by atoms with E-state index < -0.39 is 5.60 Å². The Kier molecular flexibility index (Phi) is 6.35. The number of rotatable bonds is 7. The van der Waals surface area contributed by atoms with Gasteiger partial charge in [0.1, 0.15) is 0 Å². The molecule has 0 aromatic heterocycles. The molecule has 1 unspecified atom stereocenters. The van der Waals surface area contributed by atoms with Gasteiger partial charge < -0.3 is 10.4 Å². The fraction of sp³-hybridized carbons (Fsp3) is 1.00. The summed E-state index contributed by atoms with van der Waals surface area (Å²) in [6.45, 7) is 9.00. The summed E-state index contributed by atoms with van der Waals surface area (Å²) < 4.78 is 0. The molecule has 0 heterocycles. The molecule has 0 amide bonds. The first-order chi connectivity index (χ1) is 5.98. The number of nitrogens with one attached hydrogen (secondary N) is 1. The lowest BCUT2D eigenvalue weighted by Gasteiger charge is -2.24. The van der Waals surface area contributed by atoms with Crippen molar-refractivity contribution in [1.29, 1.82) is 0 Å². The smallest absolute Gasteiger partial charge is 0.0743 e. The summed E-state index contributed by atoms with van der Waals surface area (Å²) in [6, 6.07) is 0.456. The highest BCUT2D eigenvalue weighted by molar-refractivity contribution is 4.76. The second kappa shape index (κ2) is 6.39. The molecule has 0 aliphatic heterocycles. The predicted molar refractivity (Wildman–Crippen MR) is 57.9 cm³/mol. The zero-order valence-corrected chi connectivity index (χ0v) is 9.56. The Hall–Kier alpha value is -0.0800. The minimum Gasteiger partial charge on any atom is -0.389 e. The van der Waals surface area contributed by atoms with Gasteiger partial charge in [0.05, 0.1) is 5.60 Å². The average molecular weight is 187 g/mol. The molecule has 2 heteroatoms. The molecule has 0 saturated heterocycles. The van der Waals surface area contributed by atoms with Crippen LogP contribution in [0.1, 0.15) is 53.4 Å². The Labute approximate surface area is 82.7 Å². The van der Waals surface area contributed by atoms with Gasteiger partial charge in [-0.1, -0.05) is 40.0 Å². The molecule has 0 aromatic rings. The lowest BCUT2D eigenvalue weighted by molar-refractivity contribution is 0.0463. The van der Waals surface area contributed by atoms with Gasteiger partial charge in [0.15, 0.2) is 0 Å². The van der Waals surface area contributed by atoms with Crippen molar-refractivity contribution in [1.82, 2.24) is 5.32 Å². The van der Waals surface area contributed by atoms with Gasteiger partial charge in [0, 0.05) is 12.6 Å². The molecule has 0 rings (SSSR count). The van der Waals surface area contributed by atoms with Gasteiger partial charge in [-0.2, -0.15) is 0 Å². The summed E-state index contributed by atoms with van der Waals surface area (Å²) >= 11 is 0. The second-order valence-corrected chi connectivity index (χ2v) is 4.49. The van der Waals surface area contributed by atoms with Crippen LogP contribution in [0.2, 0.25) is 0 Å². The molecule has 0 aliphatic carbocycles. The number of hydrogen-bond acceptors (Lipinski definition) is 2. The van der Waals surface area contributed by atoms with Gasteiger partial charge >= 0.3 is 0 Å². The maximum Gasteiger partial charge on any atom is 0.0743 e. The first-order valence-electron chi connectivity index (χ1n) is 5.43. The normalized spacial score (nSPS) is 16.2. The molecule has 13 heavy (non-hydrogen) atoms. The first kappa shape index (κ1) is 12.9. The van der Waals surface area contributed by atoms with E-state index >= 15 is 0 Å². The van der Waals surface area contributed by atoms with Gasteiger partial charge in [-0.15, -0.1) is 0 Å². The fourth-order valence-corrected chi connectivity index (χ4v) is 1.27. The van der Waals surface area contributed by atoms with E-state index in [1.54, 1.807) is 0 Å². The van der Waals surface area contributed by atoms with Crippen LogP contribution in [-0.2, 0) is 0 Å². The predicted octanol–water partition coefficient (Wildman–Crippen LogP) is 2.32. The highest BCUT2D eigenvalue weighted by Gasteiger charge is 2.19. The highest BCUT2D eigenvalue weighted by atomic mass is 16.3. The van der Waals surface area contributed by atoms with Crippen LogP contribution < -0.4 is 5.32 Å². The van der Waals surface area contributed by atoms with Crippen LogP contribution in [0.4, 0.5) is 0 Å². The number of unbranched alkanes of at least 4 members (excludes halogenated alkanes) is 2. The van der Waals surface area contributed by atoms with Crippen molar-refractivity contribution in [3.05, 3.63) is 0 Å². The Morgan fingerprint density at radius 3 is 2.38 bits per heavy atom. The molecule has 0 radical (unpaired) electrons. The van der Waals surface area contributed by atoms with Gasteiger partial charge in [0.25, 0.3) is 0 Å². The van der Waals surface area contributed by atoms with E-state index in [4.69, 9.17) is 0 Å². The summed E-state index contributed by atoms with van der Waals surface area (Å²) in [5, 5.41) is 13.2. The van der Waals surface area contributed by atoms with Crippen molar-refractivity contribution < 1.29 is 5.11 Å². The van der Waals surface area contributed by atoms with Crippen LogP contribution in [0.15, 0.2) is 0 Å². The van der Waals surface area contributed by atoms with Gasteiger partial charge in [-0.3, -0.25) is 0 Å². The van der Waals surface area contributed by atoms with Gasteiger partial charge in [0.2, 0.25) is 0 Å². The minimum absolute atomic E-state index is 0.456. The first-order valence-corrected chi connectivity index (χ1v) is 5.43. The molecule has 0 aliphatic rings. The summed E-state index contributed by atoms with van der Waals surface area (Å²) in [5.41, 5.74) is -0.528. The zero-order valence-electron chi connectivity index (χ0n) is 9.56. The molecule has 0 fully saturated rings. The Morgan fingerprint density at radius 2 is 1.92 bits per heavy atom. The maximum absolute atomic E-state index is 9.93. The van der Waals surface area contributed by atoms with Crippen molar-refractivity contribution in [2.45, 2.75) is 65.0 Å². The average Bonchev–Trinajstić information content (AvgIpc) is 2.02. The maximum atomic E-state index is 9.93. The van der Waals surface area contributed by atoms with E-state index in [0.717, 1.165) is 12.8 Å². The van der Waals surface area contributed by atoms with E-state index in [2.05, 4.69) is 26.1 Å². The SMILES string of the molecule is CCCCCC(C)(O)CNC(C)C. The van der Waals surface area contributed by atoms with Crippen LogP contribution in [0, 0.1) is 0 Å². The Bertz CT molecular complexity index is 121. The van der Waals surface area contributed by atoms with Crippen LogP contribution in [0.5, 0.6) is 0 Å². The summed E-state index contributed by atoms with van der Waals surface area (Å²) in [6.07, 6.45) is 4.47. The van der Waals surface area contributed by atoms with Crippen molar-refractivity contribution in [2.75, 3.05) is 6.54 Å². The van der Waals surface area contributed by atoms with Crippen molar-refractivity contribution in [2.24, 2.45) is 0 Å². The minimum atomic E-state index is -0.528. The topological polar surface area (TPSA) is 32.3 Å². The van der Waals surface area contributed by atoms with Crippen LogP contribution >= 0.6 is 0 Å². The van der Waals surface area contributed by atoms with Crippen LogP contribution in [0.25, 0.3) is 0 Å². The standard InChI is InChI=1S/C11H25NO/c1-5-6-7-8-11(4,13)9-12-10(2)3/h10,12-13H,5-9H2,1-4H3. The Morgan fingerprint density at radius 1 is 1.31 bits per heavy atom. The number of aliphatic hydroxyl groups is 1. The summed E-state index contributed by atoms with van der Waals surface area (Å²) in [5.74, 6) is 0. The molecular weight excluding hydrogens is 162 g/mol. The second-order valence-electron chi connectivity index (χ2n) is 4.49. The molecule has 0 bridgehead atoms. The van der Waals surface area contributed by atoms with E-state index in [9.17, 15) is 5.11 Å². The van der Waals surface area contributed by atoms with E-state index in [1.807, 2.05) is 6.92 Å². The molecule has 0 spiro atoms.